The van der Waals surface area contributed by atoms with Gasteiger partial charge in [0.15, 0.2) is 0 Å². The first kappa shape index (κ1) is 12.5. The average molecular weight is 273 g/mol. The normalized spacial score (nSPS) is 10.3. The van der Waals surface area contributed by atoms with Crippen molar-refractivity contribution in [1.82, 2.24) is 0 Å². The van der Waals surface area contributed by atoms with Crippen LogP contribution in [-0.2, 0) is 11.3 Å². The molecule has 0 fully saturated rings. The lowest BCUT2D eigenvalue weighted by molar-refractivity contribution is 0.116. The number of unbranched alkanes of at least 4 members (excludes halogenated alkanes) is 1. The lowest BCUT2D eigenvalue weighted by atomic mass is 10.2. The van der Waals surface area contributed by atoms with E-state index in [1.54, 1.807) is 7.11 Å². The van der Waals surface area contributed by atoms with Crippen LogP contribution in [0.4, 0.5) is 0 Å². The Morgan fingerprint density at radius 1 is 1.33 bits per heavy atom. The van der Waals surface area contributed by atoms with Crippen LogP contribution >= 0.6 is 15.9 Å². The van der Waals surface area contributed by atoms with Gasteiger partial charge in [-0.2, -0.15) is 0 Å². The van der Waals surface area contributed by atoms with Gasteiger partial charge in [0.1, 0.15) is 5.75 Å². The summed E-state index contributed by atoms with van der Waals surface area (Å²) in [6, 6.07) is 5.98. The Labute approximate surface area is 99.7 Å². The van der Waals surface area contributed by atoms with Gasteiger partial charge < -0.3 is 9.47 Å². The van der Waals surface area contributed by atoms with Crippen molar-refractivity contribution in [3.05, 3.63) is 28.2 Å². The van der Waals surface area contributed by atoms with Crippen molar-refractivity contribution in [3.8, 4) is 5.75 Å². The molecule has 0 atom stereocenters. The third-order valence-electron chi connectivity index (χ3n) is 2.15. The molecule has 0 aliphatic heterocycles. The van der Waals surface area contributed by atoms with Crippen molar-refractivity contribution >= 4 is 15.9 Å². The van der Waals surface area contributed by atoms with Crippen molar-refractivity contribution in [1.29, 1.82) is 0 Å². The van der Waals surface area contributed by atoms with Gasteiger partial charge >= 0.3 is 0 Å². The molecule has 0 unspecified atom stereocenters. The number of methoxy groups -OCH3 is 1. The Balaban J connectivity index is 2.52. The molecule has 0 radical (unpaired) electrons. The Bertz CT molecular complexity index is 300. The first-order valence-electron chi connectivity index (χ1n) is 5.18. The highest BCUT2D eigenvalue weighted by Gasteiger charge is 2.03. The lowest BCUT2D eigenvalue weighted by Crippen LogP contribution is -1.97. The van der Waals surface area contributed by atoms with Gasteiger partial charge in [0.25, 0.3) is 0 Å². The molecular formula is C12H17BrO2. The average Bonchev–Trinajstić information content (AvgIpc) is 2.26. The van der Waals surface area contributed by atoms with Crippen LogP contribution in [0.5, 0.6) is 5.75 Å². The Hall–Kier alpha value is -0.540. The smallest absolute Gasteiger partial charge is 0.125 e. The maximum absolute atomic E-state index is 5.55. The summed E-state index contributed by atoms with van der Waals surface area (Å²) in [5.74, 6) is 0.876. The van der Waals surface area contributed by atoms with E-state index in [1.165, 1.54) is 0 Å². The molecule has 0 bridgehead atoms. The summed E-state index contributed by atoms with van der Waals surface area (Å²) < 4.78 is 11.8. The zero-order chi connectivity index (χ0) is 11.1. The Kier molecular flexibility index (Phi) is 5.73. The van der Waals surface area contributed by atoms with E-state index in [1.807, 2.05) is 18.2 Å². The van der Waals surface area contributed by atoms with Gasteiger partial charge in [-0.05, 0) is 18.6 Å². The zero-order valence-corrected chi connectivity index (χ0v) is 10.8. The number of halogens is 1. The van der Waals surface area contributed by atoms with Crippen LogP contribution in [0.15, 0.2) is 22.7 Å². The fourth-order valence-electron chi connectivity index (χ4n) is 1.27. The van der Waals surface area contributed by atoms with Gasteiger partial charge in [-0.3, -0.25) is 0 Å². The Morgan fingerprint density at radius 2 is 2.13 bits per heavy atom. The number of hydrogen-bond donors (Lipinski definition) is 0. The van der Waals surface area contributed by atoms with Crippen LogP contribution < -0.4 is 4.74 Å². The van der Waals surface area contributed by atoms with E-state index in [0.717, 1.165) is 35.2 Å². The number of hydrogen-bond acceptors (Lipinski definition) is 2. The van der Waals surface area contributed by atoms with Gasteiger partial charge in [-0.15, -0.1) is 0 Å². The maximum Gasteiger partial charge on any atom is 0.125 e. The van der Waals surface area contributed by atoms with Gasteiger partial charge in [-0.1, -0.05) is 35.3 Å². The molecule has 0 heterocycles. The fourth-order valence-corrected chi connectivity index (χ4v) is 1.61. The number of ether oxygens (including phenoxy) is 2. The van der Waals surface area contributed by atoms with E-state index in [4.69, 9.17) is 9.47 Å². The highest BCUT2D eigenvalue weighted by Crippen LogP contribution is 2.24. The minimum Gasteiger partial charge on any atom is -0.496 e. The predicted octanol–water partition coefficient (Wildman–Crippen LogP) is 3.77. The van der Waals surface area contributed by atoms with Crippen LogP contribution in [-0.4, -0.2) is 13.7 Å². The van der Waals surface area contributed by atoms with Gasteiger partial charge in [0.2, 0.25) is 0 Å². The SMILES string of the molecule is CCCCOCc1ccc(Br)cc1OC. The van der Waals surface area contributed by atoms with Gasteiger partial charge in [0.05, 0.1) is 13.7 Å². The third-order valence-corrected chi connectivity index (χ3v) is 2.64. The van der Waals surface area contributed by atoms with Crippen molar-refractivity contribution in [2.24, 2.45) is 0 Å². The summed E-state index contributed by atoms with van der Waals surface area (Å²) in [6.45, 7) is 3.59. The molecule has 15 heavy (non-hydrogen) atoms. The molecule has 0 saturated carbocycles. The summed E-state index contributed by atoms with van der Waals surface area (Å²) in [6.07, 6.45) is 2.27. The van der Waals surface area contributed by atoms with E-state index in [0.29, 0.717) is 6.61 Å². The molecule has 0 aliphatic rings. The van der Waals surface area contributed by atoms with Crippen LogP contribution in [0.1, 0.15) is 25.3 Å². The van der Waals surface area contributed by atoms with Gasteiger partial charge in [-0.25, -0.2) is 0 Å². The van der Waals surface area contributed by atoms with Crippen molar-refractivity contribution in [2.75, 3.05) is 13.7 Å². The molecule has 84 valence electrons. The summed E-state index contributed by atoms with van der Waals surface area (Å²) >= 11 is 3.41. The van der Waals surface area contributed by atoms with Crippen molar-refractivity contribution in [2.45, 2.75) is 26.4 Å². The molecule has 3 heteroatoms. The molecule has 0 spiro atoms. The summed E-state index contributed by atoms with van der Waals surface area (Å²) in [7, 11) is 1.68. The lowest BCUT2D eigenvalue weighted by Gasteiger charge is -2.09. The van der Waals surface area contributed by atoms with Gasteiger partial charge in [0, 0.05) is 16.6 Å². The predicted molar refractivity (Wildman–Crippen MR) is 65.3 cm³/mol. The second-order valence-electron chi connectivity index (χ2n) is 3.36. The standard InChI is InChI=1S/C12H17BrO2/c1-3-4-7-15-9-10-5-6-11(13)8-12(10)14-2/h5-6,8H,3-4,7,9H2,1-2H3. The van der Waals surface area contributed by atoms with E-state index >= 15 is 0 Å². The van der Waals surface area contributed by atoms with Crippen molar-refractivity contribution in [3.63, 3.8) is 0 Å². The van der Waals surface area contributed by atoms with Crippen LogP contribution in [0.2, 0.25) is 0 Å². The molecule has 0 aliphatic carbocycles. The molecule has 0 N–H and O–H groups in total. The van der Waals surface area contributed by atoms with E-state index in [9.17, 15) is 0 Å². The summed E-state index contributed by atoms with van der Waals surface area (Å²) in [5.41, 5.74) is 1.09. The van der Waals surface area contributed by atoms with Crippen molar-refractivity contribution < 1.29 is 9.47 Å². The molecule has 0 aromatic heterocycles. The van der Waals surface area contributed by atoms with E-state index in [-0.39, 0.29) is 0 Å². The van der Waals surface area contributed by atoms with E-state index in [2.05, 4.69) is 22.9 Å². The first-order chi connectivity index (χ1) is 7.27. The largest absolute Gasteiger partial charge is 0.496 e. The minimum atomic E-state index is 0.621. The van der Waals surface area contributed by atoms with Crippen LogP contribution in [0, 0.1) is 0 Å². The monoisotopic (exact) mass is 272 g/mol. The first-order valence-corrected chi connectivity index (χ1v) is 5.97. The molecule has 1 aromatic rings. The molecular weight excluding hydrogens is 256 g/mol. The topological polar surface area (TPSA) is 18.5 Å². The third kappa shape index (κ3) is 4.22. The molecule has 0 saturated heterocycles. The quantitative estimate of drug-likeness (QED) is 0.734. The molecule has 2 nitrogen and oxygen atoms in total. The molecule has 1 rings (SSSR count). The molecule has 1 aromatic carbocycles. The molecule has 0 amide bonds. The summed E-state index contributed by atoms with van der Waals surface area (Å²) in [5, 5.41) is 0. The Morgan fingerprint density at radius 3 is 2.80 bits per heavy atom. The highest BCUT2D eigenvalue weighted by atomic mass is 79.9. The van der Waals surface area contributed by atoms with Crippen LogP contribution in [0.25, 0.3) is 0 Å². The number of rotatable bonds is 6. The second-order valence-corrected chi connectivity index (χ2v) is 4.28. The second kappa shape index (κ2) is 6.85. The fraction of sp³-hybridized carbons (Fsp3) is 0.500. The number of benzene rings is 1. The minimum absolute atomic E-state index is 0.621. The zero-order valence-electron chi connectivity index (χ0n) is 9.25. The van der Waals surface area contributed by atoms with Crippen LogP contribution in [0.3, 0.4) is 0 Å². The summed E-state index contributed by atoms with van der Waals surface area (Å²) in [4.78, 5) is 0. The van der Waals surface area contributed by atoms with E-state index < -0.39 is 0 Å². The highest BCUT2D eigenvalue weighted by molar-refractivity contribution is 9.10. The maximum atomic E-state index is 5.55.